The van der Waals surface area contributed by atoms with E-state index < -0.39 is 10.0 Å². The Morgan fingerprint density at radius 1 is 1.27 bits per heavy atom. The molecule has 142 valence electrons. The molecule has 1 heterocycles. The normalized spacial score (nSPS) is 17.0. The van der Waals surface area contributed by atoms with E-state index in [2.05, 4.69) is 5.32 Å². The summed E-state index contributed by atoms with van der Waals surface area (Å²) in [6.07, 6.45) is 6.50. The number of ether oxygens (including phenoxy) is 1. The van der Waals surface area contributed by atoms with Gasteiger partial charge in [0.25, 0.3) is 0 Å². The van der Waals surface area contributed by atoms with Crippen LogP contribution in [0.1, 0.15) is 6.92 Å². The van der Waals surface area contributed by atoms with Gasteiger partial charge in [0.2, 0.25) is 15.9 Å². The Kier molecular flexibility index (Phi) is 6.96. The summed E-state index contributed by atoms with van der Waals surface area (Å²) in [5.41, 5.74) is 0.323. The van der Waals surface area contributed by atoms with E-state index in [9.17, 15) is 13.2 Å². The van der Waals surface area contributed by atoms with Gasteiger partial charge < -0.3 is 15.0 Å². The second-order valence-corrected chi connectivity index (χ2v) is 8.04. The minimum Gasteiger partial charge on any atom is -0.495 e. The molecule has 1 aliphatic heterocycles. The van der Waals surface area contributed by atoms with Gasteiger partial charge in [0.05, 0.1) is 50.9 Å². The van der Waals surface area contributed by atoms with Gasteiger partial charge >= 0.3 is 0 Å². The fraction of sp³-hybridized carbons (Fsp3) is 0.389. The number of quaternary nitrogens is 1. The molecule has 0 bridgehead atoms. The van der Waals surface area contributed by atoms with E-state index in [4.69, 9.17) is 4.74 Å². The SMILES string of the molecule is C/C=C/C=C/C(=O)Nc1cc(S(=O)(=O)N2CC[NH+](C)CC2)ccc1OC. The molecule has 0 radical (unpaired) electrons. The number of piperazine rings is 1. The van der Waals surface area contributed by atoms with Crippen LogP contribution in [0.15, 0.2) is 47.4 Å². The minimum absolute atomic E-state index is 0.144. The van der Waals surface area contributed by atoms with Crippen molar-refractivity contribution in [3.8, 4) is 5.75 Å². The molecule has 2 N–H and O–H groups in total. The monoisotopic (exact) mass is 380 g/mol. The maximum atomic E-state index is 12.9. The van der Waals surface area contributed by atoms with Gasteiger partial charge in [-0.2, -0.15) is 4.31 Å². The number of nitrogens with one attached hydrogen (secondary N) is 2. The summed E-state index contributed by atoms with van der Waals surface area (Å²) >= 11 is 0. The number of methoxy groups -OCH3 is 1. The van der Waals surface area contributed by atoms with Crippen molar-refractivity contribution in [1.29, 1.82) is 0 Å². The Bertz CT molecular complexity index is 795. The molecule has 1 amide bonds. The maximum Gasteiger partial charge on any atom is 0.248 e. The summed E-state index contributed by atoms with van der Waals surface area (Å²) in [6, 6.07) is 4.50. The molecule has 0 saturated carbocycles. The number of amides is 1. The van der Waals surface area contributed by atoms with Gasteiger partial charge in [-0.15, -0.1) is 0 Å². The molecule has 1 aliphatic rings. The van der Waals surface area contributed by atoms with Crippen molar-refractivity contribution in [1.82, 2.24) is 4.31 Å². The van der Waals surface area contributed by atoms with E-state index in [-0.39, 0.29) is 10.8 Å². The Morgan fingerprint density at radius 3 is 2.58 bits per heavy atom. The third-order valence-corrected chi connectivity index (χ3v) is 6.09. The van der Waals surface area contributed by atoms with Crippen LogP contribution in [-0.4, -0.2) is 59.0 Å². The van der Waals surface area contributed by atoms with Crippen molar-refractivity contribution in [3.63, 3.8) is 0 Å². The third kappa shape index (κ3) is 4.94. The first-order valence-corrected chi connectivity index (χ1v) is 9.92. The summed E-state index contributed by atoms with van der Waals surface area (Å²) in [7, 11) is -0.0875. The molecule has 1 saturated heterocycles. The van der Waals surface area contributed by atoms with Crippen LogP contribution in [0.5, 0.6) is 5.75 Å². The van der Waals surface area contributed by atoms with Crippen LogP contribution in [0.4, 0.5) is 5.69 Å². The number of hydrogen-bond acceptors (Lipinski definition) is 4. The summed E-state index contributed by atoms with van der Waals surface area (Å²) in [6.45, 7) is 4.35. The number of rotatable bonds is 6. The lowest BCUT2D eigenvalue weighted by molar-refractivity contribution is -0.883. The molecular weight excluding hydrogens is 354 g/mol. The highest BCUT2D eigenvalue weighted by Gasteiger charge is 2.29. The van der Waals surface area contributed by atoms with Crippen molar-refractivity contribution in [2.24, 2.45) is 0 Å². The van der Waals surface area contributed by atoms with Gasteiger partial charge in [-0.05, 0) is 25.1 Å². The lowest BCUT2D eigenvalue weighted by Crippen LogP contribution is -3.12. The van der Waals surface area contributed by atoms with Crippen molar-refractivity contribution in [3.05, 3.63) is 42.5 Å². The minimum atomic E-state index is -3.61. The van der Waals surface area contributed by atoms with Crippen LogP contribution in [0.25, 0.3) is 0 Å². The standard InChI is InChI=1S/C18H25N3O4S/c1-4-5-6-7-18(22)19-16-14-15(8-9-17(16)25-3)26(23,24)21-12-10-20(2)11-13-21/h4-9,14H,10-13H2,1-3H3,(H,19,22)/p+1/b5-4+,7-6+. The summed E-state index contributed by atoms with van der Waals surface area (Å²) in [5.74, 6) is 0.0405. The zero-order chi connectivity index (χ0) is 19.2. The molecule has 0 aromatic heterocycles. The van der Waals surface area contributed by atoms with E-state index in [1.54, 1.807) is 24.3 Å². The van der Waals surface area contributed by atoms with Crippen LogP contribution >= 0.6 is 0 Å². The van der Waals surface area contributed by atoms with Crippen molar-refractivity contribution in [2.75, 3.05) is 45.7 Å². The van der Waals surface area contributed by atoms with E-state index in [0.29, 0.717) is 24.5 Å². The molecule has 1 aromatic carbocycles. The number of allylic oxidation sites excluding steroid dienone is 3. The number of benzene rings is 1. The fourth-order valence-corrected chi connectivity index (χ4v) is 4.10. The fourth-order valence-electron chi connectivity index (χ4n) is 2.63. The number of carbonyl (C=O) groups excluding carboxylic acids is 1. The van der Waals surface area contributed by atoms with Gasteiger partial charge in [0.1, 0.15) is 5.75 Å². The number of nitrogens with zero attached hydrogens (tertiary/aromatic N) is 1. The smallest absolute Gasteiger partial charge is 0.248 e. The van der Waals surface area contributed by atoms with Crippen LogP contribution < -0.4 is 15.0 Å². The molecule has 8 heteroatoms. The van der Waals surface area contributed by atoms with Gasteiger partial charge in [0.15, 0.2) is 0 Å². The van der Waals surface area contributed by atoms with Gasteiger partial charge in [0, 0.05) is 6.08 Å². The summed E-state index contributed by atoms with van der Waals surface area (Å²) < 4.78 is 32.5. The Morgan fingerprint density at radius 2 is 1.96 bits per heavy atom. The molecule has 26 heavy (non-hydrogen) atoms. The largest absolute Gasteiger partial charge is 0.495 e. The number of likely N-dealkylation sites (N-methyl/N-ethyl adjacent to an activating group) is 1. The molecule has 2 rings (SSSR count). The zero-order valence-corrected chi connectivity index (χ0v) is 16.2. The molecule has 1 aromatic rings. The molecule has 0 unspecified atom stereocenters. The summed E-state index contributed by atoms with van der Waals surface area (Å²) in [5, 5.41) is 2.67. The summed E-state index contributed by atoms with van der Waals surface area (Å²) in [4.78, 5) is 13.5. The van der Waals surface area contributed by atoms with E-state index in [0.717, 1.165) is 13.1 Å². The predicted molar refractivity (Wildman–Crippen MR) is 101 cm³/mol. The Balaban J connectivity index is 2.26. The quantitative estimate of drug-likeness (QED) is 0.549. The van der Waals surface area contributed by atoms with E-state index in [1.807, 2.05) is 14.0 Å². The molecule has 7 nitrogen and oxygen atoms in total. The second-order valence-electron chi connectivity index (χ2n) is 6.10. The van der Waals surface area contributed by atoms with Crippen LogP contribution in [0.2, 0.25) is 0 Å². The van der Waals surface area contributed by atoms with Crippen molar-refractivity contribution < 1.29 is 22.8 Å². The first kappa shape index (κ1) is 20.2. The lowest BCUT2D eigenvalue weighted by Gasteiger charge is -2.29. The zero-order valence-electron chi connectivity index (χ0n) is 15.4. The average molecular weight is 380 g/mol. The third-order valence-electron chi connectivity index (χ3n) is 4.19. The van der Waals surface area contributed by atoms with E-state index in [1.165, 1.54) is 34.5 Å². The van der Waals surface area contributed by atoms with E-state index >= 15 is 0 Å². The van der Waals surface area contributed by atoms with Crippen molar-refractivity contribution >= 4 is 21.6 Å². The Labute approximate surface area is 155 Å². The molecule has 0 atom stereocenters. The Hall–Kier alpha value is -2.16. The highest BCUT2D eigenvalue weighted by molar-refractivity contribution is 7.89. The first-order valence-electron chi connectivity index (χ1n) is 8.48. The van der Waals surface area contributed by atoms with Gasteiger partial charge in [-0.25, -0.2) is 8.42 Å². The predicted octanol–water partition coefficient (Wildman–Crippen LogP) is 0.285. The molecule has 0 aliphatic carbocycles. The van der Waals surface area contributed by atoms with Crippen molar-refractivity contribution in [2.45, 2.75) is 11.8 Å². The molecule has 1 fully saturated rings. The maximum absolute atomic E-state index is 12.9. The van der Waals surface area contributed by atoms with Crippen LogP contribution in [-0.2, 0) is 14.8 Å². The van der Waals surface area contributed by atoms with Crippen LogP contribution in [0, 0.1) is 0 Å². The lowest BCUT2D eigenvalue weighted by atomic mass is 10.3. The number of hydrogen-bond donors (Lipinski definition) is 2. The highest BCUT2D eigenvalue weighted by atomic mass is 32.2. The molecular formula is C18H26N3O4S+. The van der Waals surface area contributed by atoms with Gasteiger partial charge in [-0.3, -0.25) is 4.79 Å². The number of carbonyl (C=O) groups is 1. The first-order chi connectivity index (χ1) is 12.4. The topological polar surface area (TPSA) is 80.2 Å². The van der Waals surface area contributed by atoms with Gasteiger partial charge in [-0.1, -0.05) is 18.2 Å². The van der Waals surface area contributed by atoms with Crippen LogP contribution in [0.3, 0.4) is 0 Å². The molecule has 0 spiro atoms. The number of anilines is 1. The number of sulfonamides is 1. The highest BCUT2D eigenvalue weighted by Crippen LogP contribution is 2.29. The average Bonchev–Trinajstić information content (AvgIpc) is 2.62. The second kappa shape index (κ2) is 8.98.